The average molecular weight is 243 g/mol. The molecule has 0 radical (unpaired) electrons. The number of nitrogens with zero attached hydrogens (tertiary/aromatic N) is 5. The molecule has 0 unspecified atom stereocenters. The van der Waals surface area contributed by atoms with E-state index in [1.807, 2.05) is 12.1 Å². The van der Waals surface area contributed by atoms with E-state index < -0.39 is 0 Å². The Morgan fingerprint density at radius 3 is 3.22 bits per heavy atom. The molecule has 0 spiro atoms. The van der Waals surface area contributed by atoms with Crippen molar-refractivity contribution in [2.75, 3.05) is 5.32 Å². The van der Waals surface area contributed by atoms with Gasteiger partial charge in [-0.05, 0) is 28.6 Å². The van der Waals surface area contributed by atoms with Crippen molar-refractivity contribution >= 4 is 22.6 Å². The maximum Gasteiger partial charge on any atom is 0.246 e. The van der Waals surface area contributed by atoms with Crippen LogP contribution in [0.15, 0.2) is 30.9 Å². The molecule has 2 N–H and O–H groups in total. The van der Waals surface area contributed by atoms with E-state index in [1.165, 1.54) is 11.0 Å². The number of hydrogen-bond donors (Lipinski definition) is 2. The van der Waals surface area contributed by atoms with Crippen LogP contribution in [0.3, 0.4) is 0 Å². The molecule has 3 rings (SSSR count). The largest absolute Gasteiger partial charge is 0.345 e. The molecule has 1 amide bonds. The van der Waals surface area contributed by atoms with Crippen molar-refractivity contribution in [2.45, 2.75) is 6.54 Å². The predicted molar refractivity (Wildman–Crippen MR) is 62.5 cm³/mol. The van der Waals surface area contributed by atoms with Gasteiger partial charge in [-0.15, -0.1) is 5.10 Å². The molecule has 18 heavy (non-hydrogen) atoms. The second-order valence-electron chi connectivity index (χ2n) is 3.69. The van der Waals surface area contributed by atoms with Crippen LogP contribution in [0.1, 0.15) is 0 Å². The first kappa shape index (κ1) is 10.4. The Kier molecular flexibility index (Phi) is 2.45. The second kappa shape index (κ2) is 4.24. The Morgan fingerprint density at radius 1 is 1.44 bits per heavy atom. The van der Waals surface area contributed by atoms with Crippen LogP contribution >= 0.6 is 0 Å². The fourth-order valence-corrected chi connectivity index (χ4v) is 1.61. The Bertz CT molecular complexity index is 672. The Labute approximate surface area is 101 Å². The molecule has 1 aromatic carbocycles. The highest BCUT2D eigenvalue weighted by Gasteiger charge is 2.05. The first-order valence-electron chi connectivity index (χ1n) is 5.25. The molecule has 0 fully saturated rings. The summed E-state index contributed by atoms with van der Waals surface area (Å²) in [6.07, 6.45) is 3.00. The summed E-state index contributed by atoms with van der Waals surface area (Å²) in [5, 5.41) is 13.3. The Hall–Kier alpha value is -2.77. The van der Waals surface area contributed by atoms with Crippen molar-refractivity contribution in [3.63, 3.8) is 0 Å². The first-order valence-corrected chi connectivity index (χ1v) is 5.25. The van der Waals surface area contributed by atoms with Gasteiger partial charge in [0.2, 0.25) is 5.91 Å². The number of benzene rings is 1. The summed E-state index contributed by atoms with van der Waals surface area (Å²) < 4.78 is 1.35. The van der Waals surface area contributed by atoms with Crippen molar-refractivity contribution in [3.05, 3.63) is 30.9 Å². The van der Waals surface area contributed by atoms with Crippen LogP contribution in [-0.2, 0) is 11.3 Å². The minimum absolute atomic E-state index is 0.0774. The highest BCUT2D eigenvalue weighted by molar-refractivity contribution is 5.92. The van der Waals surface area contributed by atoms with E-state index in [0.29, 0.717) is 5.69 Å². The second-order valence-corrected chi connectivity index (χ2v) is 3.69. The molecule has 0 saturated carbocycles. The van der Waals surface area contributed by atoms with E-state index >= 15 is 0 Å². The topological polar surface area (TPSA) is 101 Å². The summed E-state index contributed by atoms with van der Waals surface area (Å²) in [4.78, 5) is 18.8. The van der Waals surface area contributed by atoms with Gasteiger partial charge in [0.15, 0.2) is 0 Å². The summed E-state index contributed by atoms with van der Waals surface area (Å²) in [6, 6.07) is 5.44. The van der Waals surface area contributed by atoms with Gasteiger partial charge in [-0.25, -0.2) is 9.67 Å². The third-order valence-electron chi connectivity index (χ3n) is 2.40. The molecule has 2 aromatic heterocycles. The fourth-order valence-electron chi connectivity index (χ4n) is 1.61. The molecule has 0 aliphatic rings. The standard InChI is InChI=1S/C10H9N7O/c18-10(4-17-6-13-15-16-17)14-7-1-2-8-9(3-7)12-5-11-8/h1-3,5-6H,4H2,(H,11,12)(H,14,18). The molecule has 3 aromatic rings. The first-order chi connectivity index (χ1) is 8.81. The molecule has 8 nitrogen and oxygen atoms in total. The maximum absolute atomic E-state index is 11.7. The van der Waals surface area contributed by atoms with Crippen molar-refractivity contribution < 1.29 is 4.79 Å². The van der Waals surface area contributed by atoms with Gasteiger partial charge in [0.05, 0.1) is 17.4 Å². The number of fused-ring (bicyclic) bond motifs is 1. The van der Waals surface area contributed by atoms with Gasteiger partial charge in [0, 0.05) is 5.69 Å². The van der Waals surface area contributed by atoms with Crippen molar-refractivity contribution in [3.8, 4) is 0 Å². The minimum Gasteiger partial charge on any atom is -0.345 e. The highest BCUT2D eigenvalue weighted by Crippen LogP contribution is 2.15. The monoisotopic (exact) mass is 243 g/mol. The lowest BCUT2D eigenvalue weighted by molar-refractivity contribution is -0.116. The van der Waals surface area contributed by atoms with Gasteiger partial charge in [-0.2, -0.15) is 0 Å². The fraction of sp³-hybridized carbons (Fsp3) is 0.100. The number of carbonyl (C=O) groups is 1. The SMILES string of the molecule is O=C(Cn1cnnn1)Nc1ccc2nc[nH]c2c1. The van der Waals surface area contributed by atoms with Gasteiger partial charge in [-0.1, -0.05) is 0 Å². The van der Waals surface area contributed by atoms with Gasteiger partial charge < -0.3 is 10.3 Å². The highest BCUT2D eigenvalue weighted by atomic mass is 16.2. The molecule has 8 heteroatoms. The number of aromatic nitrogens is 6. The molecule has 2 heterocycles. The number of tetrazole rings is 1. The summed E-state index contributed by atoms with van der Waals surface area (Å²) in [6.45, 7) is 0.0774. The summed E-state index contributed by atoms with van der Waals surface area (Å²) in [5.74, 6) is -0.193. The number of nitrogens with one attached hydrogen (secondary N) is 2. The maximum atomic E-state index is 11.7. The predicted octanol–water partition coefficient (Wildman–Crippen LogP) is 0.188. The van der Waals surface area contributed by atoms with Crippen LogP contribution in [0.5, 0.6) is 0 Å². The van der Waals surface area contributed by atoms with E-state index in [4.69, 9.17) is 0 Å². The number of amides is 1. The van der Waals surface area contributed by atoms with E-state index in [2.05, 4.69) is 30.8 Å². The smallest absolute Gasteiger partial charge is 0.246 e. The zero-order valence-corrected chi connectivity index (χ0v) is 9.24. The zero-order chi connectivity index (χ0) is 12.4. The summed E-state index contributed by atoms with van der Waals surface area (Å²) in [5.41, 5.74) is 2.42. The molecule has 0 bridgehead atoms. The third kappa shape index (κ3) is 2.03. The number of imidazole rings is 1. The van der Waals surface area contributed by atoms with Crippen LogP contribution in [0.4, 0.5) is 5.69 Å². The van der Waals surface area contributed by atoms with Crippen LogP contribution in [0.2, 0.25) is 0 Å². The van der Waals surface area contributed by atoms with Gasteiger partial charge in [-0.3, -0.25) is 4.79 Å². The number of hydrogen-bond acceptors (Lipinski definition) is 5. The van der Waals surface area contributed by atoms with E-state index in [0.717, 1.165) is 11.0 Å². The van der Waals surface area contributed by atoms with Crippen LogP contribution in [-0.4, -0.2) is 36.1 Å². The number of H-pyrrole nitrogens is 1. The van der Waals surface area contributed by atoms with Crippen molar-refractivity contribution in [1.29, 1.82) is 0 Å². The van der Waals surface area contributed by atoms with Gasteiger partial charge in [0.25, 0.3) is 0 Å². The van der Waals surface area contributed by atoms with Crippen molar-refractivity contribution in [2.24, 2.45) is 0 Å². The van der Waals surface area contributed by atoms with Crippen LogP contribution < -0.4 is 5.32 Å². The van der Waals surface area contributed by atoms with E-state index in [1.54, 1.807) is 12.4 Å². The minimum atomic E-state index is -0.193. The average Bonchev–Trinajstić information content (AvgIpc) is 2.98. The summed E-state index contributed by atoms with van der Waals surface area (Å²) >= 11 is 0. The number of aromatic amines is 1. The van der Waals surface area contributed by atoms with E-state index in [9.17, 15) is 4.79 Å². The van der Waals surface area contributed by atoms with Gasteiger partial charge in [0.1, 0.15) is 12.9 Å². The van der Waals surface area contributed by atoms with Crippen LogP contribution in [0, 0.1) is 0 Å². The van der Waals surface area contributed by atoms with Gasteiger partial charge >= 0.3 is 0 Å². The molecule has 0 aliphatic carbocycles. The van der Waals surface area contributed by atoms with E-state index in [-0.39, 0.29) is 12.5 Å². The quantitative estimate of drug-likeness (QED) is 0.683. The molecular formula is C10H9N7O. The summed E-state index contributed by atoms with van der Waals surface area (Å²) in [7, 11) is 0. The van der Waals surface area contributed by atoms with Crippen LogP contribution in [0.25, 0.3) is 11.0 Å². The Morgan fingerprint density at radius 2 is 2.39 bits per heavy atom. The lowest BCUT2D eigenvalue weighted by atomic mass is 10.3. The Balaban J connectivity index is 1.73. The number of rotatable bonds is 3. The molecule has 0 atom stereocenters. The molecule has 0 aliphatic heterocycles. The molecule has 90 valence electrons. The normalized spacial score (nSPS) is 10.7. The molecular weight excluding hydrogens is 234 g/mol. The number of carbonyl (C=O) groups excluding carboxylic acids is 1. The lowest BCUT2D eigenvalue weighted by Gasteiger charge is -2.04. The molecule has 0 saturated heterocycles. The third-order valence-corrected chi connectivity index (χ3v) is 2.40. The zero-order valence-electron chi connectivity index (χ0n) is 9.24. The van der Waals surface area contributed by atoms with Crippen molar-refractivity contribution in [1.82, 2.24) is 30.2 Å². The lowest BCUT2D eigenvalue weighted by Crippen LogP contribution is -2.19. The number of anilines is 1.